The van der Waals surface area contributed by atoms with Crippen LogP contribution in [0.5, 0.6) is 0 Å². The molecule has 0 aliphatic carbocycles. The molecule has 1 heterocycles. The van der Waals surface area contributed by atoms with Crippen molar-refractivity contribution in [2.24, 2.45) is 7.05 Å². The number of amides is 1. The van der Waals surface area contributed by atoms with Gasteiger partial charge >= 0.3 is 6.09 Å². The summed E-state index contributed by atoms with van der Waals surface area (Å²) in [6.45, 7) is 5.89. The predicted molar refractivity (Wildman–Crippen MR) is 58.7 cm³/mol. The van der Waals surface area contributed by atoms with E-state index in [1.807, 2.05) is 20.8 Å². The summed E-state index contributed by atoms with van der Waals surface area (Å²) in [5.41, 5.74) is 0.254. The van der Waals surface area contributed by atoms with Crippen LogP contribution in [0.25, 0.3) is 0 Å². The van der Waals surface area contributed by atoms with E-state index >= 15 is 0 Å². The van der Waals surface area contributed by atoms with E-state index in [1.54, 1.807) is 25.0 Å². The smallest absolute Gasteiger partial charge is 0.410 e. The number of aromatic nitrogens is 3. The lowest BCUT2D eigenvalue weighted by molar-refractivity contribution is 0.0283. The van der Waals surface area contributed by atoms with Crippen molar-refractivity contribution in [3.8, 4) is 0 Å². The summed E-state index contributed by atoms with van der Waals surface area (Å²) in [6.07, 6.45) is 1.40. The molecule has 0 aliphatic heterocycles. The highest BCUT2D eigenvalue weighted by molar-refractivity contribution is 5.67. The standard InChI is InChI=1S/C10H18N4O2/c1-10(2,3)16-9(15)13(4)6-8-7-14(5)12-11-8/h7H,6H2,1-5H3. The normalized spacial score (nSPS) is 11.3. The van der Waals surface area contributed by atoms with Crippen LogP contribution in [0.4, 0.5) is 4.79 Å². The van der Waals surface area contributed by atoms with Crippen LogP contribution in [0.1, 0.15) is 26.5 Å². The average Bonchev–Trinajstić information content (AvgIpc) is 2.48. The first-order valence-electron chi connectivity index (χ1n) is 5.07. The second-order valence-corrected chi connectivity index (χ2v) is 4.72. The van der Waals surface area contributed by atoms with Crippen molar-refractivity contribution in [2.75, 3.05) is 7.05 Å². The average molecular weight is 226 g/mol. The number of aryl methyl sites for hydroxylation is 1. The van der Waals surface area contributed by atoms with Crippen LogP contribution in [-0.4, -0.2) is 38.6 Å². The van der Waals surface area contributed by atoms with Gasteiger partial charge in [0.15, 0.2) is 0 Å². The maximum atomic E-state index is 11.6. The maximum absolute atomic E-state index is 11.6. The van der Waals surface area contributed by atoms with Crippen LogP contribution in [-0.2, 0) is 18.3 Å². The molecule has 0 atom stereocenters. The van der Waals surface area contributed by atoms with Gasteiger partial charge in [-0.2, -0.15) is 0 Å². The van der Waals surface area contributed by atoms with Crippen LogP contribution in [0, 0.1) is 0 Å². The van der Waals surface area contributed by atoms with Crippen molar-refractivity contribution in [3.05, 3.63) is 11.9 Å². The molecule has 0 radical (unpaired) electrons. The van der Waals surface area contributed by atoms with Crippen LogP contribution in [0.15, 0.2) is 6.20 Å². The molecule has 0 unspecified atom stereocenters. The molecule has 6 heteroatoms. The van der Waals surface area contributed by atoms with E-state index in [-0.39, 0.29) is 6.09 Å². The molecule has 0 aromatic carbocycles. The SMILES string of the molecule is CN(Cc1cn(C)nn1)C(=O)OC(C)(C)C. The Labute approximate surface area is 95.2 Å². The molecule has 6 nitrogen and oxygen atoms in total. The highest BCUT2D eigenvalue weighted by atomic mass is 16.6. The lowest BCUT2D eigenvalue weighted by atomic mass is 10.2. The van der Waals surface area contributed by atoms with Crippen molar-refractivity contribution in [1.82, 2.24) is 19.9 Å². The van der Waals surface area contributed by atoms with Crippen LogP contribution >= 0.6 is 0 Å². The van der Waals surface area contributed by atoms with E-state index in [0.717, 1.165) is 5.69 Å². The quantitative estimate of drug-likeness (QED) is 0.759. The van der Waals surface area contributed by atoms with Crippen LogP contribution < -0.4 is 0 Å². The zero-order valence-electron chi connectivity index (χ0n) is 10.4. The molecule has 0 aliphatic rings. The number of carbonyl (C=O) groups is 1. The molecule has 0 bridgehead atoms. The topological polar surface area (TPSA) is 60.2 Å². The first kappa shape index (κ1) is 12.5. The van der Waals surface area contributed by atoms with Gasteiger partial charge in [-0.1, -0.05) is 5.21 Å². The fraction of sp³-hybridized carbons (Fsp3) is 0.700. The van der Waals surface area contributed by atoms with Gasteiger partial charge in [0.2, 0.25) is 0 Å². The van der Waals surface area contributed by atoms with E-state index in [4.69, 9.17) is 4.74 Å². The predicted octanol–water partition coefficient (Wildman–Crippen LogP) is 1.18. The molecule has 0 saturated heterocycles. The number of hydrogen-bond donors (Lipinski definition) is 0. The van der Waals surface area contributed by atoms with Gasteiger partial charge in [0.25, 0.3) is 0 Å². The minimum Gasteiger partial charge on any atom is -0.444 e. The number of hydrogen-bond acceptors (Lipinski definition) is 4. The number of carbonyl (C=O) groups excluding carboxylic acids is 1. The number of rotatable bonds is 2. The Balaban J connectivity index is 2.52. The summed E-state index contributed by atoms with van der Waals surface area (Å²) in [4.78, 5) is 13.1. The van der Waals surface area contributed by atoms with Gasteiger partial charge in [-0.15, -0.1) is 5.10 Å². The van der Waals surface area contributed by atoms with Crippen molar-refractivity contribution in [2.45, 2.75) is 32.9 Å². The maximum Gasteiger partial charge on any atom is 0.410 e. The first-order chi connectivity index (χ1) is 7.28. The minimum absolute atomic E-state index is 0.363. The van der Waals surface area contributed by atoms with E-state index < -0.39 is 5.60 Å². The Morgan fingerprint density at radius 3 is 2.62 bits per heavy atom. The Hall–Kier alpha value is -1.59. The summed E-state index contributed by atoms with van der Waals surface area (Å²) in [5, 5.41) is 7.69. The van der Waals surface area contributed by atoms with Gasteiger partial charge < -0.3 is 9.64 Å². The Morgan fingerprint density at radius 1 is 1.56 bits per heavy atom. The molecule has 0 saturated carbocycles. The second-order valence-electron chi connectivity index (χ2n) is 4.72. The molecular formula is C10H18N4O2. The summed E-state index contributed by atoms with van der Waals surface area (Å²) in [7, 11) is 3.45. The molecular weight excluding hydrogens is 208 g/mol. The molecule has 1 aromatic heterocycles. The molecule has 1 rings (SSSR count). The van der Waals surface area contributed by atoms with Gasteiger partial charge in [0.05, 0.1) is 6.54 Å². The zero-order chi connectivity index (χ0) is 12.3. The van der Waals surface area contributed by atoms with Crippen LogP contribution in [0.2, 0.25) is 0 Å². The van der Waals surface area contributed by atoms with Crippen molar-refractivity contribution in [3.63, 3.8) is 0 Å². The van der Waals surface area contributed by atoms with Crippen molar-refractivity contribution >= 4 is 6.09 Å². The fourth-order valence-electron chi connectivity index (χ4n) is 1.12. The molecule has 1 amide bonds. The first-order valence-corrected chi connectivity index (χ1v) is 5.07. The summed E-state index contributed by atoms with van der Waals surface area (Å²) in [6, 6.07) is 0. The van der Waals surface area contributed by atoms with E-state index in [9.17, 15) is 4.79 Å². The largest absolute Gasteiger partial charge is 0.444 e. The van der Waals surface area contributed by atoms with Gasteiger partial charge in [0.1, 0.15) is 11.3 Å². The minimum atomic E-state index is -0.478. The monoisotopic (exact) mass is 226 g/mol. The van der Waals surface area contributed by atoms with Gasteiger partial charge in [0, 0.05) is 20.3 Å². The van der Waals surface area contributed by atoms with E-state index in [1.165, 1.54) is 4.90 Å². The molecule has 0 fully saturated rings. The lowest BCUT2D eigenvalue weighted by Gasteiger charge is -2.24. The highest BCUT2D eigenvalue weighted by Crippen LogP contribution is 2.10. The van der Waals surface area contributed by atoms with Gasteiger partial charge in [-0.3, -0.25) is 4.68 Å². The molecule has 16 heavy (non-hydrogen) atoms. The Morgan fingerprint density at radius 2 is 2.19 bits per heavy atom. The van der Waals surface area contributed by atoms with Crippen molar-refractivity contribution in [1.29, 1.82) is 0 Å². The third-order valence-corrected chi connectivity index (χ3v) is 1.75. The molecule has 90 valence electrons. The molecule has 0 spiro atoms. The third-order valence-electron chi connectivity index (χ3n) is 1.75. The third kappa shape index (κ3) is 3.88. The van der Waals surface area contributed by atoms with Gasteiger partial charge in [-0.25, -0.2) is 4.79 Å². The second kappa shape index (κ2) is 4.51. The van der Waals surface area contributed by atoms with E-state index in [2.05, 4.69) is 10.3 Å². The number of nitrogens with zero attached hydrogens (tertiary/aromatic N) is 4. The van der Waals surface area contributed by atoms with Crippen molar-refractivity contribution < 1.29 is 9.53 Å². The fourth-order valence-corrected chi connectivity index (χ4v) is 1.12. The van der Waals surface area contributed by atoms with Gasteiger partial charge in [-0.05, 0) is 20.8 Å². The summed E-state index contributed by atoms with van der Waals surface area (Å²) in [5.74, 6) is 0. The lowest BCUT2D eigenvalue weighted by Crippen LogP contribution is -2.33. The Bertz CT molecular complexity index is 367. The highest BCUT2D eigenvalue weighted by Gasteiger charge is 2.20. The van der Waals surface area contributed by atoms with E-state index in [0.29, 0.717) is 6.54 Å². The number of ether oxygens (including phenoxy) is 1. The molecule has 0 N–H and O–H groups in total. The summed E-state index contributed by atoms with van der Waals surface area (Å²) < 4.78 is 6.81. The van der Waals surface area contributed by atoms with Crippen LogP contribution in [0.3, 0.4) is 0 Å². The zero-order valence-corrected chi connectivity index (χ0v) is 10.4. The summed E-state index contributed by atoms with van der Waals surface area (Å²) >= 11 is 0. The molecule has 1 aromatic rings. The Kier molecular flexibility index (Phi) is 3.51.